The maximum atomic E-state index is 13.0. The van der Waals surface area contributed by atoms with Crippen molar-refractivity contribution in [2.75, 3.05) is 5.32 Å². The van der Waals surface area contributed by atoms with Crippen molar-refractivity contribution < 1.29 is 27.1 Å². The molecule has 4 rings (SSSR count). The van der Waals surface area contributed by atoms with Crippen LogP contribution >= 0.6 is 0 Å². The van der Waals surface area contributed by atoms with E-state index in [4.69, 9.17) is 9.15 Å². The fourth-order valence-corrected chi connectivity index (χ4v) is 2.92. The normalized spacial score (nSPS) is 11.4. The number of halogens is 3. The Kier molecular flexibility index (Phi) is 5.40. The lowest BCUT2D eigenvalue weighted by Crippen LogP contribution is -2.15. The lowest BCUT2D eigenvalue weighted by molar-refractivity contribution is -0.137. The molecule has 0 aliphatic rings. The molecule has 9 heteroatoms. The van der Waals surface area contributed by atoms with Gasteiger partial charge in [-0.1, -0.05) is 17.7 Å². The highest BCUT2D eigenvalue weighted by Crippen LogP contribution is 2.31. The molecule has 2 aromatic carbocycles. The second-order valence-corrected chi connectivity index (χ2v) is 6.95. The SMILES string of the molecule is Cc1ccc(Oc2ccc(NC(=O)c3cc4cc(C(F)(F)F)ccc4c(=O)o3)cn2)cc1. The van der Waals surface area contributed by atoms with E-state index >= 15 is 0 Å². The summed E-state index contributed by atoms with van der Waals surface area (Å²) in [6.07, 6.45) is -3.25. The van der Waals surface area contributed by atoms with Crippen molar-refractivity contribution in [2.24, 2.45) is 0 Å². The molecule has 4 aromatic rings. The average molecular weight is 440 g/mol. The number of anilines is 1. The monoisotopic (exact) mass is 440 g/mol. The first-order chi connectivity index (χ1) is 15.2. The molecule has 0 bridgehead atoms. The summed E-state index contributed by atoms with van der Waals surface area (Å²) in [5, 5.41) is 2.37. The largest absolute Gasteiger partial charge is 0.439 e. The highest BCUT2D eigenvalue weighted by atomic mass is 19.4. The number of amides is 1. The smallest absolute Gasteiger partial charge is 0.416 e. The van der Waals surface area contributed by atoms with Crippen LogP contribution in [-0.2, 0) is 6.18 Å². The topological polar surface area (TPSA) is 81.4 Å². The van der Waals surface area contributed by atoms with Crippen LogP contribution in [0.2, 0.25) is 0 Å². The van der Waals surface area contributed by atoms with E-state index in [1.54, 1.807) is 12.1 Å². The first kappa shape index (κ1) is 21.1. The number of aryl methyl sites for hydroxylation is 1. The van der Waals surface area contributed by atoms with Crippen molar-refractivity contribution in [1.82, 2.24) is 4.98 Å². The van der Waals surface area contributed by atoms with Gasteiger partial charge in [-0.2, -0.15) is 13.2 Å². The molecule has 1 amide bonds. The number of aromatic nitrogens is 1. The van der Waals surface area contributed by atoms with E-state index in [0.29, 0.717) is 11.6 Å². The Balaban J connectivity index is 1.53. The van der Waals surface area contributed by atoms with Gasteiger partial charge in [0.2, 0.25) is 5.88 Å². The maximum Gasteiger partial charge on any atom is 0.416 e. The van der Waals surface area contributed by atoms with Crippen LogP contribution in [-0.4, -0.2) is 10.9 Å². The zero-order valence-corrected chi connectivity index (χ0v) is 16.6. The lowest BCUT2D eigenvalue weighted by Gasteiger charge is -2.09. The molecular weight excluding hydrogens is 425 g/mol. The van der Waals surface area contributed by atoms with Gasteiger partial charge in [0.1, 0.15) is 5.75 Å². The predicted octanol–water partition coefficient (Wildman–Crippen LogP) is 5.56. The number of alkyl halides is 3. The number of benzene rings is 2. The van der Waals surface area contributed by atoms with Crippen LogP contribution < -0.4 is 15.7 Å². The first-order valence-electron chi connectivity index (χ1n) is 9.36. The number of nitrogens with one attached hydrogen (secondary N) is 1. The number of fused-ring (bicyclic) bond motifs is 1. The summed E-state index contributed by atoms with van der Waals surface area (Å²) in [4.78, 5) is 28.7. The van der Waals surface area contributed by atoms with E-state index in [1.807, 2.05) is 19.1 Å². The van der Waals surface area contributed by atoms with E-state index in [0.717, 1.165) is 29.8 Å². The van der Waals surface area contributed by atoms with Gasteiger partial charge < -0.3 is 14.5 Å². The summed E-state index contributed by atoms with van der Waals surface area (Å²) in [6.45, 7) is 1.95. The number of rotatable bonds is 4. The summed E-state index contributed by atoms with van der Waals surface area (Å²) < 4.78 is 49.4. The van der Waals surface area contributed by atoms with E-state index in [2.05, 4.69) is 10.3 Å². The summed E-state index contributed by atoms with van der Waals surface area (Å²) >= 11 is 0. The van der Waals surface area contributed by atoms with Gasteiger partial charge in [-0.05, 0) is 54.8 Å². The number of nitrogens with zero attached hydrogens (tertiary/aromatic N) is 1. The van der Waals surface area contributed by atoms with Gasteiger partial charge in [0, 0.05) is 6.07 Å². The fraction of sp³-hybridized carbons (Fsp3) is 0.0870. The Morgan fingerprint density at radius 1 is 1.03 bits per heavy atom. The molecule has 0 fully saturated rings. The van der Waals surface area contributed by atoms with Gasteiger partial charge in [-0.25, -0.2) is 9.78 Å². The first-order valence-corrected chi connectivity index (χ1v) is 9.36. The molecule has 2 aromatic heterocycles. The summed E-state index contributed by atoms with van der Waals surface area (Å²) in [6, 6.07) is 14.1. The summed E-state index contributed by atoms with van der Waals surface area (Å²) in [5.74, 6) is -0.350. The number of carbonyl (C=O) groups is 1. The number of ether oxygens (including phenoxy) is 1. The molecule has 0 saturated heterocycles. The predicted molar refractivity (Wildman–Crippen MR) is 111 cm³/mol. The summed E-state index contributed by atoms with van der Waals surface area (Å²) in [7, 11) is 0. The highest BCUT2D eigenvalue weighted by Gasteiger charge is 2.30. The molecule has 0 aliphatic heterocycles. The third kappa shape index (κ3) is 4.61. The number of hydrogen-bond donors (Lipinski definition) is 1. The zero-order valence-electron chi connectivity index (χ0n) is 16.6. The number of carbonyl (C=O) groups excluding carboxylic acids is 1. The van der Waals surface area contributed by atoms with Crippen molar-refractivity contribution in [1.29, 1.82) is 0 Å². The Hall–Kier alpha value is -4.14. The van der Waals surface area contributed by atoms with Crippen LogP contribution in [0, 0.1) is 6.92 Å². The van der Waals surface area contributed by atoms with Gasteiger partial charge in [-0.3, -0.25) is 4.79 Å². The summed E-state index contributed by atoms with van der Waals surface area (Å²) in [5.41, 5.74) is -0.493. The van der Waals surface area contributed by atoms with Crippen LogP contribution in [0.4, 0.5) is 18.9 Å². The van der Waals surface area contributed by atoms with E-state index in [-0.39, 0.29) is 16.5 Å². The standard InChI is InChI=1S/C23H15F3N2O4/c1-13-2-6-17(7-3-13)31-20-9-5-16(12-27-20)28-21(29)19-11-14-10-15(23(24,25)26)4-8-18(14)22(30)32-19/h2-12H,1H3,(H,28,29). The molecule has 0 spiro atoms. The minimum atomic E-state index is -4.58. The molecule has 0 unspecified atom stereocenters. The van der Waals surface area contributed by atoms with E-state index in [9.17, 15) is 22.8 Å². The molecule has 32 heavy (non-hydrogen) atoms. The second-order valence-electron chi connectivity index (χ2n) is 6.95. The third-order valence-electron chi connectivity index (χ3n) is 4.55. The minimum Gasteiger partial charge on any atom is -0.439 e. The second kappa shape index (κ2) is 8.18. The van der Waals surface area contributed by atoms with Crippen LogP contribution in [0.1, 0.15) is 21.7 Å². The zero-order chi connectivity index (χ0) is 22.9. The van der Waals surface area contributed by atoms with Crippen molar-refractivity contribution in [3.63, 3.8) is 0 Å². The Morgan fingerprint density at radius 2 is 1.78 bits per heavy atom. The number of hydrogen-bond acceptors (Lipinski definition) is 5. The number of pyridine rings is 1. The molecule has 0 saturated carbocycles. The fourth-order valence-electron chi connectivity index (χ4n) is 2.92. The van der Waals surface area contributed by atoms with Crippen LogP contribution in [0.5, 0.6) is 11.6 Å². The van der Waals surface area contributed by atoms with Gasteiger partial charge in [0.05, 0.1) is 22.8 Å². The molecule has 0 radical (unpaired) electrons. The Labute approximate surface area is 179 Å². The van der Waals surface area contributed by atoms with Gasteiger partial charge >= 0.3 is 11.8 Å². The average Bonchev–Trinajstić information content (AvgIpc) is 2.75. The molecular formula is C23H15F3N2O4. The van der Waals surface area contributed by atoms with Crippen LogP contribution in [0.3, 0.4) is 0 Å². The minimum absolute atomic E-state index is 0.0544. The van der Waals surface area contributed by atoms with E-state index < -0.39 is 29.0 Å². The van der Waals surface area contributed by atoms with Crippen LogP contribution in [0.15, 0.2) is 76.1 Å². The van der Waals surface area contributed by atoms with Crippen molar-refractivity contribution in [3.05, 3.63) is 94.2 Å². The van der Waals surface area contributed by atoms with Crippen molar-refractivity contribution in [3.8, 4) is 11.6 Å². The quantitative estimate of drug-likeness (QED) is 0.449. The lowest BCUT2D eigenvalue weighted by atomic mass is 10.1. The van der Waals surface area contributed by atoms with Crippen molar-refractivity contribution >= 4 is 22.4 Å². The van der Waals surface area contributed by atoms with Crippen molar-refractivity contribution in [2.45, 2.75) is 13.1 Å². The molecule has 1 N–H and O–H groups in total. The molecule has 0 aliphatic carbocycles. The van der Waals surface area contributed by atoms with Gasteiger partial charge in [0.25, 0.3) is 5.91 Å². The Bertz CT molecular complexity index is 1350. The van der Waals surface area contributed by atoms with Gasteiger partial charge in [-0.15, -0.1) is 0 Å². The molecule has 162 valence electrons. The highest BCUT2D eigenvalue weighted by molar-refractivity contribution is 6.03. The molecule has 2 heterocycles. The Morgan fingerprint density at radius 3 is 2.44 bits per heavy atom. The maximum absolute atomic E-state index is 13.0. The van der Waals surface area contributed by atoms with E-state index in [1.165, 1.54) is 18.3 Å². The molecule has 0 atom stereocenters. The third-order valence-corrected chi connectivity index (χ3v) is 4.55. The van der Waals surface area contributed by atoms with Crippen LogP contribution in [0.25, 0.3) is 10.8 Å². The van der Waals surface area contributed by atoms with Gasteiger partial charge in [0.15, 0.2) is 5.76 Å². The molecule has 6 nitrogen and oxygen atoms in total.